The van der Waals surface area contributed by atoms with E-state index in [2.05, 4.69) is 25.5 Å². The van der Waals surface area contributed by atoms with E-state index in [1.165, 1.54) is 36.4 Å². The van der Waals surface area contributed by atoms with Crippen molar-refractivity contribution in [2.24, 2.45) is 5.10 Å². The highest BCUT2D eigenvalue weighted by Crippen LogP contribution is 2.32. The van der Waals surface area contributed by atoms with E-state index in [-0.39, 0.29) is 28.6 Å². The fourth-order valence-electron chi connectivity index (χ4n) is 2.61. The van der Waals surface area contributed by atoms with E-state index < -0.39 is 5.82 Å². The summed E-state index contributed by atoms with van der Waals surface area (Å²) in [6, 6.07) is 12.6. The zero-order valence-electron chi connectivity index (χ0n) is 17.0. The Morgan fingerprint density at radius 2 is 2.12 bits per heavy atom. The van der Waals surface area contributed by atoms with Crippen LogP contribution in [0.3, 0.4) is 0 Å². The number of thiazole rings is 1. The summed E-state index contributed by atoms with van der Waals surface area (Å²) in [6.07, 6.45) is 2.37. The van der Waals surface area contributed by atoms with Crippen molar-refractivity contribution in [1.82, 2.24) is 20.4 Å². The van der Waals surface area contributed by atoms with Crippen LogP contribution in [0, 0.1) is 5.82 Å². The fraction of sp³-hybridized carbons (Fsp3) is 0.0952. The van der Waals surface area contributed by atoms with E-state index in [9.17, 15) is 9.18 Å². The average Bonchev–Trinajstić information content (AvgIpc) is 3.24. The van der Waals surface area contributed by atoms with Crippen molar-refractivity contribution in [3.8, 4) is 17.4 Å². The predicted octanol–water partition coefficient (Wildman–Crippen LogP) is 4.92. The third kappa shape index (κ3) is 5.95. The van der Waals surface area contributed by atoms with Gasteiger partial charge < -0.3 is 9.47 Å². The molecule has 2 aromatic carbocycles. The molecule has 2 heterocycles. The van der Waals surface area contributed by atoms with Gasteiger partial charge in [-0.25, -0.2) is 15.4 Å². The molecule has 0 aliphatic heterocycles. The van der Waals surface area contributed by atoms with Gasteiger partial charge in [-0.3, -0.25) is 4.79 Å². The number of nitrogens with one attached hydrogen (secondary N) is 1. The van der Waals surface area contributed by atoms with Crippen LogP contribution >= 0.6 is 34.7 Å². The van der Waals surface area contributed by atoms with Gasteiger partial charge in [-0.15, -0.1) is 11.3 Å². The number of carbonyl (C=O) groups is 1. The molecule has 2 aromatic heterocycles. The smallest absolute Gasteiger partial charge is 0.260 e. The lowest BCUT2D eigenvalue weighted by atomic mass is 10.2. The molecular weight excluding hydrogens is 489 g/mol. The fourth-order valence-corrected chi connectivity index (χ4v) is 4.59. The highest BCUT2D eigenvalue weighted by Gasteiger charge is 2.13. The van der Waals surface area contributed by atoms with Crippen LogP contribution in [0.4, 0.5) is 4.39 Å². The minimum absolute atomic E-state index is 0.147. The van der Waals surface area contributed by atoms with Crippen molar-refractivity contribution in [3.05, 3.63) is 65.3 Å². The van der Waals surface area contributed by atoms with Gasteiger partial charge in [-0.1, -0.05) is 23.9 Å². The van der Waals surface area contributed by atoms with E-state index in [1.807, 2.05) is 24.3 Å². The molecule has 0 radical (unpaired) electrons. The van der Waals surface area contributed by atoms with E-state index in [1.54, 1.807) is 18.2 Å². The molecule has 1 amide bonds. The topological polar surface area (TPSA) is 98.6 Å². The van der Waals surface area contributed by atoms with E-state index in [0.717, 1.165) is 20.8 Å². The van der Waals surface area contributed by atoms with Crippen LogP contribution in [0.15, 0.2) is 58.1 Å². The number of hydrogen-bond acceptors (Lipinski definition) is 9. The molecule has 4 aromatic rings. The second kappa shape index (κ2) is 10.6. The molecule has 0 spiro atoms. The van der Waals surface area contributed by atoms with Crippen LogP contribution in [-0.2, 0) is 4.79 Å². The minimum atomic E-state index is -0.765. The summed E-state index contributed by atoms with van der Waals surface area (Å²) >= 11 is 8.57. The molecule has 4 rings (SSSR count). The summed E-state index contributed by atoms with van der Waals surface area (Å²) in [5.41, 5.74) is 4.01. The Labute approximate surface area is 200 Å². The standard InChI is InChI=1S/C21H15ClFN5O3S2/c1-30-16-8-12(6-7-15(16)31-19-13(23)10-24-20(22)27-19)9-25-28-18(29)11-32-21-26-14-4-2-3-5-17(14)33-21/h2-10H,11H2,1H3,(H,28,29). The van der Waals surface area contributed by atoms with Gasteiger partial charge in [-0.2, -0.15) is 14.5 Å². The van der Waals surface area contributed by atoms with Crippen LogP contribution in [0.2, 0.25) is 5.28 Å². The Morgan fingerprint density at radius 3 is 2.94 bits per heavy atom. The molecule has 168 valence electrons. The second-order valence-electron chi connectivity index (χ2n) is 6.33. The van der Waals surface area contributed by atoms with Crippen LogP contribution < -0.4 is 14.9 Å². The predicted molar refractivity (Wildman–Crippen MR) is 126 cm³/mol. The number of hydrogen-bond donors (Lipinski definition) is 1. The van der Waals surface area contributed by atoms with Crippen molar-refractivity contribution in [2.45, 2.75) is 4.34 Å². The number of fused-ring (bicyclic) bond motifs is 1. The van der Waals surface area contributed by atoms with Gasteiger partial charge in [0, 0.05) is 0 Å². The van der Waals surface area contributed by atoms with E-state index in [4.69, 9.17) is 21.1 Å². The summed E-state index contributed by atoms with van der Waals surface area (Å²) in [5, 5.41) is 3.81. The number of para-hydroxylation sites is 1. The number of methoxy groups -OCH3 is 1. The van der Waals surface area contributed by atoms with Crippen molar-refractivity contribution in [2.75, 3.05) is 12.9 Å². The van der Waals surface area contributed by atoms with Crippen molar-refractivity contribution < 1.29 is 18.7 Å². The molecule has 1 N–H and O–H groups in total. The van der Waals surface area contributed by atoms with Crippen molar-refractivity contribution in [3.63, 3.8) is 0 Å². The first-order valence-corrected chi connectivity index (χ1v) is 11.5. The van der Waals surface area contributed by atoms with E-state index in [0.29, 0.717) is 11.3 Å². The quantitative estimate of drug-likeness (QED) is 0.158. The minimum Gasteiger partial charge on any atom is -0.493 e. The number of thioether (sulfide) groups is 1. The number of carbonyl (C=O) groups excluding carboxylic acids is 1. The molecule has 0 atom stereocenters. The van der Waals surface area contributed by atoms with Gasteiger partial charge in [0.2, 0.25) is 11.1 Å². The molecular formula is C21H15ClFN5O3S2. The molecule has 33 heavy (non-hydrogen) atoms. The molecule has 0 unspecified atom stereocenters. The summed E-state index contributed by atoms with van der Waals surface area (Å²) in [5.74, 6) is -0.643. The van der Waals surface area contributed by atoms with Crippen LogP contribution in [0.1, 0.15) is 5.56 Å². The Hall–Kier alpha value is -3.28. The van der Waals surface area contributed by atoms with Crippen LogP contribution in [0.5, 0.6) is 17.4 Å². The summed E-state index contributed by atoms with van der Waals surface area (Å²) in [4.78, 5) is 23.8. The van der Waals surface area contributed by atoms with Gasteiger partial charge in [0.1, 0.15) is 0 Å². The maximum absolute atomic E-state index is 13.8. The number of rotatable bonds is 8. The lowest BCUT2D eigenvalue weighted by Crippen LogP contribution is -2.19. The molecule has 8 nitrogen and oxygen atoms in total. The monoisotopic (exact) mass is 503 g/mol. The van der Waals surface area contributed by atoms with Gasteiger partial charge in [0.05, 0.1) is 35.5 Å². The number of aromatic nitrogens is 3. The Morgan fingerprint density at radius 1 is 1.27 bits per heavy atom. The number of hydrazone groups is 1. The molecule has 0 saturated heterocycles. The van der Waals surface area contributed by atoms with Gasteiger partial charge in [-0.05, 0) is 47.5 Å². The normalized spacial score (nSPS) is 11.1. The maximum atomic E-state index is 13.8. The van der Waals surface area contributed by atoms with Crippen molar-refractivity contribution in [1.29, 1.82) is 0 Å². The Balaban J connectivity index is 1.34. The SMILES string of the molecule is COc1cc(C=NNC(=O)CSc2nc3ccccc3s2)ccc1Oc1nc(Cl)ncc1F. The van der Waals surface area contributed by atoms with Crippen molar-refractivity contribution >= 4 is 57.0 Å². The molecule has 0 saturated carbocycles. The average molecular weight is 504 g/mol. The summed E-state index contributed by atoms with van der Waals surface area (Å²) in [7, 11) is 1.44. The first-order valence-electron chi connectivity index (χ1n) is 9.36. The summed E-state index contributed by atoms with van der Waals surface area (Å²) < 4.78 is 26.4. The molecule has 0 fully saturated rings. The largest absolute Gasteiger partial charge is 0.493 e. The number of ether oxygens (including phenoxy) is 2. The third-order valence-electron chi connectivity index (χ3n) is 4.08. The van der Waals surface area contributed by atoms with Gasteiger partial charge in [0.25, 0.3) is 11.8 Å². The number of benzene rings is 2. The first-order chi connectivity index (χ1) is 16.0. The molecule has 0 bridgehead atoms. The molecule has 12 heteroatoms. The van der Waals surface area contributed by atoms with Gasteiger partial charge >= 0.3 is 0 Å². The third-order valence-corrected chi connectivity index (χ3v) is 6.44. The zero-order chi connectivity index (χ0) is 23.2. The van der Waals surface area contributed by atoms with E-state index >= 15 is 0 Å². The highest BCUT2D eigenvalue weighted by molar-refractivity contribution is 8.01. The van der Waals surface area contributed by atoms with Crippen LogP contribution in [-0.4, -0.2) is 39.9 Å². The Bertz CT molecular complexity index is 1300. The number of amides is 1. The van der Waals surface area contributed by atoms with Crippen LogP contribution in [0.25, 0.3) is 10.2 Å². The van der Waals surface area contributed by atoms with Gasteiger partial charge in [0.15, 0.2) is 15.8 Å². The molecule has 0 aliphatic rings. The second-order valence-corrected chi connectivity index (χ2v) is 8.93. The zero-order valence-corrected chi connectivity index (χ0v) is 19.4. The lowest BCUT2D eigenvalue weighted by Gasteiger charge is -2.10. The first kappa shape index (κ1) is 22.9. The number of nitrogens with zero attached hydrogens (tertiary/aromatic N) is 4. The number of halogens is 2. The lowest BCUT2D eigenvalue weighted by molar-refractivity contribution is -0.118. The molecule has 0 aliphatic carbocycles. The Kier molecular flexibility index (Phi) is 7.33. The maximum Gasteiger partial charge on any atom is 0.260 e. The summed E-state index contributed by atoms with van der Waals surface area (Å²) in [6.45, 7) is 0. The highest BCUT2D eigenvalue weighted by atomic mass is 35.5.